The van der Waals surface area contributed by atoms with Gasteiger partial charge in [0, 0.05) is 36.5 Å². The Morgan fingerprint density at radius 3 is 2.57 bits per heavy atom. The summed E-state index contributed by atoms with van der Waals surface area (Å²) >= 11 is 0. The van der Waals surface area contributed by atoms with Gasteiger partial charge in [0.05, 0.1) is 29.0 Å². The van der Waals surface area contributed by atoms with E-state index >= 15 is 0 Å². The molecule has 0 aliphatic carbocycles. The lowest BCUT2D eigenvalue weighted by Crippen LogP contribution is -2.30. The predicted molar refractivity (Wildman–Crippen MR) is 135 cm³/mol. The molecule has 4 rings (SSSR count). The number of benzene rings is 1. The van der Waals surface area contributed by atoms with Crippen LogP contribution >= 0.6 is 0 Å². The molecule has 4 N–H and O–H groups in total. The molecule has 1 aromatic carbocycles. The first-order valence-corrected chi connectivity index (χ1v) is 11.7. The molecule has 3 heterocycles. The summed E-state index contributed by atoms with van der Waals surface area (Å²) in [5.74, 6) is -1.41. The van der Waals surface area contributed by atoms with Gasteiger partial charge in [-0.1, -0.05) is 0 Å². The van der Waals surface area contributed by atoms with Gasteiger partial charge in [0.2, 0.25) is 0 Å². The Labute approximate surface area is 203 Å². The average molecular weight is 477 g/mol. The highest BCUT2D eigenvalue weighted by atomic mass is 19.1. The van der Waals surface area contributed by atoms with Crippen LogP contribution < -0.4 is 21.3 Å². The van der Waals surface area contributed by atoms with Gasteiger partial charge in [-0.2, -0.15) is 0 Å². The van der Waals surface area contributed by atoms with Crippen molar-refractivity contribution in [2.24, 2.45) is 0 Å². The van der Waals surface area contributed by atoms with Crippen LogP contribution in [-0.2, 0) is 0 Å². The smallest absolute Gasteiger partial charge is 0.276 e. The molecule has 2 aromatic heterocycles. The molecule has 0 atom stereocenters. The highest BCUT2D eigenvalue weighted by molar-refractivity contribution is 6.08. The van der Waals surface area contributed by atoms with E-state index < -0.39 is 11.7 Å². The number of amides is 2. The third-order valence-corrected chi connectivity index (χ3v) is 5.81. The van der Waals surface area contributed by atoms with Crippen molar-refractivity contribution < 1.29 is 14.0 Å². The number of nitrogens with zero attached hydrogens (tertiary/aromatic N) is 3. The summed E-state index contributed by atoms with van der Waals surface area (Å²) in [6.07, 6.45) is 6.65. The van der Waals surface area contributed by atoms with Crippen molar-refractivity contribution in [2.45, 2.75) is 39.2 Å². The van der Waals surface area contributed by atoms with Gasteiger partial charge in [0.25, 0.3) is 11.8 Å². The maximum absolute atomic E-state index is 14.7. The average Bonchev–Trinajstić information content (AvgIpc) is 2.85. The SMILES string of the molecule is CC(C)NC(=O)c1ccc(F)c(-c2ccc(N)c(C(=O)Nc3cnccc3N3CCCCC3)n2)c1. The lowest BCUT2D eigenvalue weighted by molar-refractivity contribution is 0.0942. The van der Waals surface area contributed by atoms with Gasteiger partial charge in [-0.05, 0) is 69.5 Å². The Morgan fingerprint density at radius 1 is 1.06 bits per heavy atom. The molecule has 0 bridgehead atoms. The largest absolute Gasteiger partial charge is 0.397 e. The number of rotatable bonds is 6. The molecule has 35 heavy (non-hydrogen) atoms. The molecule has 1 fully saturated rings. The number of carbonyl (C=O) groups excluding carboxylic acids is 2. The maximum Gasteiger partial charge on any atom is 0.276 e. The summed E-state index contributed by atoms with van der Waals surface area (Å²) in [5, 5.41) is 5.65. The predicted octanol–water partition coefficient (Wildman–Crippen LogP) is 4.25. The van der Waals surface area contributed by atoms with Crippen LogP contribution in [0.15, 0.2) is 48.8 Å². The zero-order valence-corrected chi connectivity index (χ0v) is 19.8. The van der Waals surface area contributed by atoms with E-state index in [4.69, 9.17) is 5.73 Å². The van der Waals surface area contributed by atoms with Crippen LogP contribution in [0.2, 0.25) is 0 Å². The fourth-order valence-corrected chi connectivity index (χ4v) is 4.09. The van der Waals surface area contributed by atoms with E-state index in [-0.39, 0.29) is 34.6 Å². The van der Waals surface area contributed by atoms with Gasteiger partial charge in [-0.15, -0.1) is 0 Å². The van der Waals surface area contributed by atoms with Crippen molar-refractivity contribution in [1.29, 1.82) is 0 Å². The van der Waals surface area contributed by atoms with Crippen molar-refractivity contribution in [2.75, 3.05) is 29.0 Å². The number of halogens is 1. The lowest BCUT2D eigenvalue weighted by atomic mass is 10.0. The molecular weight excluding hydrogens is 447 g/mol. The van der Waals surface area contributed by atoms with E-state index in [1.54, 1.807) is 12.4 Å². The molecule has 2 amide bonds. The number of nitrogen functional groups attached to an aromatic ring is 1. The Hall–Kier alpha value is -4.01. The summed E-state index contributed by atoms with van der Waals surface area (Å²) in [6.45, 7) is 5.49. The third-order valence-electron chi connectivity index (χ3n) is 5.81. The van der Waals surface area contributed by atoms with E-state index in [2.05, 4.69) is 25.5 Å². The minimum Gasteiger partial charge on any atom is -0.397 e. The molecule has 0 saturated carbocycles. The quantitative estimate of drug-likeness (QED) is 0.490. The lowest BCUT2D eigenvalue weighted by Gasteiger charge is -2.30. The molecule has 1 aliphatic heterocycles. The Morgan fingerprint density at radius 2 is 1.83 bits per heavy atom. The second-order valence-corrected chi connectivity index (χ2v) is 8.85. The zero-order chi connectivity index (χ0) is 24.9. The van der Waals surface area contributed by atoms with Gasteiger partial charge < -0.3 is 21.3 Å². The van der Waals surface area contributed by atoms with Crippen molar-refractivity contribution in [3.8, 4) is 11.3 Å². The Kier molecular flexibility index (Phi) is 7.24. The molecule has 3 aromatic rings. The third kappa shape index (κ3) is 5.56. The normalized spacial score (nSPS) is 13.5. The van der Waals surface area contributed by atoms with Crippen LogP contribution in [0.3, 0.4) is 0 Å². The number of carbonyl (C=O) groups is 2. The van der Waals surface area contributed by atoms with Crippen LogP contribution in [0.4, 0.5) is 21.5 Å². The molecule has 1 saturated heterocycles. The summed E-state index contributed by atoms with van der Waals surface area (Å²) in [7, 11) is 0. The number of nitrogens with two attached hydrogens (primary N) is 1. The van der Waals surface area contributed by atoms with Gasteiger partial charge in [-0.3, -0.25) is 14.6 Å². The van der Waals surface area contributed by atoms with Crippen LogP contribution in [0.1, 0.15) is 54.0 Å². The molecule has 0 radical (unpaired) electrons. The topological polar surface area (TPSA) is 113 Å². The fourth-order valence-electron chi connectivity index (χ4n) is 4.09. The van der Waals surface area contributed by atoms with Crippen molar-refractivity contribution in [3.05, 3.63) is 65.9 Å². The van der Waals surface area contributed by atoms with E-state index in [0.717, 1.165) is 31.6 Å². The Bertz CT molecular complexity index is 1240. The summed E-state index contributed by atoms with van der Waals surface area (Å²) in [4.78, 5) is 36.3. The number of pyridine rings is 2. The van der Waals surface area contributed by atoms with E-state index in [1.165, 1.54) is 36.8 Å². The van der Waals surface area contributed by atoms with Crippen LogP contribution in [0.5, 0.6) is 0 Å². The van der Waals surface area contributed by atoms with Crippen LogP contribution in [0.25, 0.3) is 11.3 Å². The zero-order valence-electron chi connectivity index (χ0n) is 19.8. The van der Waals surface area contributed by atoms with E-state index in [0.29, 0.717) is 11.3 Å². The van der Waals surface area contributed by atoms with Crippen molar-refractivity contribution in [1.82, 2.24) is 15.3 Å². The second-order valence-electron chi connectivity index (χ2n) is 8.85. The molecule has 0 unspecified atom stereocenters. The van der Waals surface area contributed by atoms with Crippen molar-refractivity contribution >= 4 is 28.9 Å². The Balaban J connectivity index is 1.63. The van der Waals surface area contributed by atoms with Gasteiger partial charge in [-0.25, -0.2) is 9.37 Å². The monoisotopic (exact) mass is 476 g/mol. The van der Waals surface area contributed by atoms with Crippen molar-refractivity contribution in [3.63, 3.8) is 0 Å². The molecular formula is C26H29FN6O2. The fraction of sp³-hybridized carbons (Fsp3) is 0.308. The second kappa shape index (κ2) is 10.5. The number of nitrogens with one attached hydrogen (secondary N) is 2. The van der Waals surface area contributed by atoms with Gasteiger partial charge >= 0.3 is 0 Å². The number of hydrogen-bond donors (Lipinski definition) is 3. The van der Waals surface area contributed by atoms with Crippen LogP contribution in [-0.4, -0.2) is 40.9 Å². The number of aromatic nitrogens is 2. The van der Waals surface area contributed by atoms with Crippen LogP contribution in [0, 0.1) is 5.82 Å². The van der Waals surface area contributed by atoms with E-state index in [9.17, 15) is 14.0 Å². The molecule has 1 aliphatic rings. The molecule has 182 valence electrons. The summed E-state index contributed by atoms with van der Waals surface area (Å²) in [6, 6.07) is 8.88. The summed E-state index contributed by atoms with van der Waals surface area (Å²) in [5.41, 5.74) is 8.23. The van der Waals surface area contributed by atoms with E-state index in [1.807, 2.05) is 19.9 Å². The number of hydrogen-bond acceptors (Lipinski definition) is 6. The van der Waals surface area contributed by atoms with Gasteiger partial charge in [0.15, 0.2) is 5.69 Å². The number of anilines is 3. The highest BCUT2D eigenvalue weighted by Crippen LogP contribution is 2.29. The standard InChI is InChI=1S/C26H29FN6O2/c1-16(2)30-25(34)17-6-7-19(27)18(14-17)21-9-8-20(28)24(31-21)26(35)32-22-15-29-11-10-23(22)33-12-4-3-5-13-33/h6-11,14-16H,3-5,12-13,28H2,1-2H3,(H,30,34)(H,32,35). The first kappa shape index (κ1) is 24.1. The minimum absolute atomic E-state index is 0.0348. The number of piperidine rings is 1. The molecule has 0 spiro atoms. The first-order valence-electron chi connectivity index (χ1n) is 11.7. The molecule has 9 heteroatoms. The van der Waals surface area contributed by atoms with Gasteiger partial charge in [0.1, 0.15) is 5.82 Å². The summed E-state index contributed by atoms with van der Waals surface area (Å²) < 4.78 is 14.7. The first-order chi connectivity index (χ1) is 16.8. The molecule has 8 nitrogen and oxygen atoms in total. The highest BCUT2D eigenvalue weighted by Gasteiger charge is 2.20. The minimum atomic E-state index is -0.561. The maximum atomic E-state index is 14.7.